The highest BCUT2D eigenvalue weighted by Gasteiger charge is 2.40. The molecule has 1 aliphatic carbocycles. The number of nitrogens with zero attached hydrogens (tertiary/aromatic N) is 2. The molecule has 2 fully saturated rings. The zero-order chi connectivity index (χ0) is 18.5. The molecule has 0 aromatic heterocycles. The molecule has 3 amide bonds. The van der Waals surface area contributed by atoms with Crippen LogP contribution in [0.5, 0.6) is 0 Å². The minimum absolute atomic E-state index is 0.0423. The number of amides is 3. The summed E-state index contributed by atoms with van der Waals surface area (Å²) in [6.45, 7) is 5.75. The molecule has 1 saturated carbocycles. The van der Waals surface area contributed by atoms with Gasteiger partial charge in [0.15, 0.2) is 0 Å². The SMILES string of the molecule is CCCNC(=O)CN1CCN(C(=O)NC2CC2c2cccc(F)c2)CC1. The first kappa shape index (κ1) is 18.6. The number of carbonyl (C=O) groups is 2. The van der Waals surface area contributed by atoms with Crippen LogP contribution in [-0.2, 0) is 4.79 Å². The van der Waals surface area contributed by atoms with Gasteiger partial charge in [0.05, 0.1) is 6.54 Å². The van der Waals surface area contributed by atoms with Crippen LogP contribution in [-0.4, -0.2) is 67.0 Å². The minimum Gasteiger partial charge on any atom is -0.355 e. The van der Waals surface area contributed by atoms with Crippen LogP contribution in [0, 0.1) is 5.82 Å². The number of hydrogen-bond acceptors (Lipinski definition) is 3. The fourth-order valence-electron chi connectivity index (χ4n) is 3.34. The van der Waals surface area contributed by atoms with Gasteiger partial charge in [0.1, 0.15) is 5.82 Å². The number of urea groups is 1. The number of nitrogens with one attached hydrogen (secondary N) is 2. The smallest absolute Gasteiger partial charge is 0.317 e. The predicted molar refractivity (Wildman–Crippen MR) is 97.4 cm³/mol. The number of halogens is 1. The van der Waals surface area contributed by atoms with E-state index < -0.39 is 0 Å². The molecule has 7 heteroatoms. The van der Waals surface area contributed by atoms with Crippen molar-refractivity contribution in [3.8, 4) is 0 Å². The summed E-state index contributed by atoms with van der Waals surface area (Å²) in [6, 6.07) is 6.60. The molecule has 2 aliphatic rings. The standard InChI is InChI=1S/C19H27FN4O2/c1-2-6-21-18(25)13-23-7-9-24(10-8-23)19(26)22-17-12-16(17)14-4-3-5-15(20)11-14/h3-5,11,16-17H,2,6-10,12-13H2,1H3,(H,21,25)(H,22,26). The highest BCUT2D eigenvalue weighted by Crippen LogP contribution is 2.40. The van der Waals surface area contributed by atoms with Crippen LogP contribution in [0.3, 0.4) is 0 Å². The lowest BCUT2D eigenvalue weighted by Crippen LogP contribution is -2.53. The van der Waals surface area contributed by atoms with E-state index >= 15 is 0 Å². The van der Waals surface area contributed by atoms with Crippen molar-refractivity contribution in [2.24, 2.45) is 0 Å². The van der Waals surface area contributed by atoms with Crippen LogP contribution in [0.15, 0.2) is 24.3 Å². The van der Waals surface area contributed by atoms with Crippen molar-refractivity contribution < 1.29 is 14.0 Å². The fourth-order valence-corrected chi connectivity index (χ4v) is 3.34. The third-order valence-corrected chi connectivity index (χ3v) is 4.98. The Morgan fingerprint density at radius 3 is 2.69 bits per heavy atom. The van der Waals surface area contributed by atoms with E-state index in [1.807, 2.05) is 13.0 Å². The Morgan fingerprint density at radius 1 is 1.23 bits per heavy atom. The van der Waals surface area contributed by atoms with E-state index in [9.17, 15) is 14.0 Å². The molecule has 1 heterocycles. The molecule has 3 rings (SSSR count). The van der Waals surface area contributed by atoms with Crippen molar-refractivity contribution in [1.82, 2.24) is 20.4 Å². The molecule has 1 aliphatic heterocycles. The van der Waals surface area contributed by atoms with Gasteiger partial charge in [-0.05, 0) is 30.5 Å². The fraction of sp³-hybridized carbons (Fsp3) is 0.579. The summed E-state index contributed by atoms with van der Waals surface area (Å²) >= 11 is 0. The van der Waals surface area contributed by atoms with Crippen LogP contribution in [0.2, 0.25) is 0 Å². The van der Waals surface area contributed by atoms with Crippen molar-refractivity contribution in [3.05, 3.63) is 35.6 Å². The largest absolute Gasteiger partial charge is 0.355 e. The lowest BCUT2D eigenvalue weighted by Gasteiger charge is -2.34. The number of rotatable bonds is 6. The molecule has 2 atom stereocenters. The molecule has 2 N–H and O–H groups in total. The molecular weight excluding hydrogens is 335 g/mol. The highest BCUT2D eigenvalue weighted by atomic mass is 19.1. The summed E-state index contributed by atoms with van der Waals surface area (Å²) in [4.78, 5) is 28.0. The first-order valence-electron chi connectivity index (χ1n) is 9.36. The van der Waals surface area contributed by atoms with Crippen LogP contribution < -0.4 is 10.6 Å². The molecule has 6 nitrogen and oxygen atoms in total. The lowest BCUT2D eigenvalue weighted by molar-refractivity contribution is -0.122. The minimum atomic E-state index is -0.237. The molecule has 1 aromatic carbocycles. The van der Waals surface area contributed by atoms with Gasteiger partial charge in [-0.25, -0.2) is 9.18 Å². The van der Waals surface area contributed by atoms with Crippen LogP contribution in [0.25, 0.3) is 0 Å². The predicted octanol–water partition coefficient (Wildman–Crippen LogP) is 1.54. The van der Waals surface area contributed by atoms with Gasteiger partial charge in [0, 0.05) is 44.7 Å². The van der Waals surface area contributed by atoms with E-state index in [-0.39, 0.29) is 29.7 Å². The van der Waals surface area contributed by atoms with Crippen molar-refractivity contribution in [2.75, 3.05) is 39.3 Å². The Morgan fingerprint density at radius 2 is 2.00 bits per heavy atom. The van der Waals surface area contributed by atoms with Gasteiger partial charge >= 0.3 is 6.03 Å². The number of carbonyl (C=O) groups excluding carboxylic acids is 2. The second-order valence-corrected chi connectivity index (χ2v) is 7.07. The highest BCUT2D eigenvalue weighted by molar-refractivity contribution is 5.78. The third kappa shape index (κ3) is 4.94. The Balaban J connectivity index is 1.39. The molecule has 1 aromatic rings. The van der Waals surface area contributed by atoms with Crippen molar-refractivity contribution >= 4 is 11.9 Å². The Bertz CT molecular complexity index is 646. The van der Waals surface area contributed by atoms with Gasteiger partial charge in [0.2, 0.25) is 5.91 Å². The maximum Gasteiger partial charge on any atom is 0.317 e. The van der Waals surface area contributed by atoms with Crippen LogP contribution in [0.1, 0.15) is 31.2 Å². The van der Waals surface area contributed by atoms with E-state index in [0.717, 1.165) is 18.4 Å². The first-order valence-corrected chi connectivity index (χ1v) is 9.36. The summed E-state index contributed by atoms with van der Waals surface area (Å²) in [5.74, 6) is 0.0115. The maximum absolute atomic E-state index is 13.3. The molecule has 0 spiro atoms. The van der Waals surface area contributed by atoms with Gasteiger partial charge < -0.3 is 15.5 Å². The van der Waals surface area contributed by atoms with Crippen molar-refractivity contribution in [3.63, 3.8) is 0 Å². The average molecular weight is 362 g/mol. The van der Waals surface area contributed by atoms with Gasteiger partial charge in [-0.1, -0.05) is 19.1 Å². The van der Waals surface area contributed by atoms with E-state index in [2.05, 4.69) is 15.5 Å². The molecule has 26 heavy (non-hydrogen) atoms. The number of benzene rings is 1. The Hall–Kier alpha value is -2.15. The second kappa shape index (κ2) is 8.49. The summed E-state index contributed by atoms with van der Waals surface area (Å²) in [7, 11) is 0. The van der Waals surface area contributed by atoms with Crippen molar-refractivity contribution in [1.29, 1.82) is 0 Å². The zero-order valence-corrected chi connectivity index (χ0v) is 15.2. The molecule has 1 saturated heterocycles. The summed E-state index contributed by atoms with van der Waals surface area (Å²) in [6.07, 6.45) is 1.78. The number of piperazine rings is 1. The normalized spacial score (nSPS) is 22.8. The topological polar surface area (TPSA) is 64.7 Å². The maximum atomic E-state index is 13.3. The van der Waals surface area contributed by atoms with Gasteiger partial charge in [-0.2, -0.15) is 0 Å². The zero-order valence-electron chi connectivity index (χ0n) is 15.2. The quantitative estimate of drug-likeness (QED) is 0.807. The average Bonchev–Trinajstić information content (AvgIpc) is 3.39. The van der Waals surface area contributed by atoms with Gasteiger partial charge in [0.25, 0.3) is 0 Å². The first-order chi connectivity index (χ1) is 12.6. The van der Waals surface area contributed by atoms with Crippen LogP contribution >= 0.6 is 0 Å². The lowest BCUT2D eigenvalue weighted by atomic mass is 10.1. The van der Waals surface area contributed by atoms with Crippen LogP contribution in [0.4, 0.5) is 9.18 Å². The van der Waals surface area contributed by atoms with E-state index in [1.54, 1.807) is 17.0 Å². The Kier molecular flexibility index (Phi) is 6.08. The molecule has 142 valence electrons. The second-order valence-electron chi connectivity index (χ2n) is 7.07. The summed E-state index contributed by atoms with van der Waals surface area (Å²) in [5.41, 5.74) is 0.943. The third-order valence-electron chi connectivity index (χ3n) is 4.98. The molecular formula is C19H27FN4O2. The van der Waals surface area contributed by atoms with E-state index in [0.29, 0.717) is 39.3 Å². The van der Waals surface area contributed by atoms with Gasteiger partial charge in [-0.3, -0.25) is 9.69 Å². The monoisotopic (exact) mass is 362 g/mol. The summed E-state index contributed by atoms with van der Waals surface area (Å²) < 4.78 is 13.3. The molecule has 0 radical (unpaired) electrons. The van der Waals surface area contributed by atoms with E-state index in [4.69, 9.17) is 0 Å². The number of hydrogen-bond donors (Lipinski definition) is 2. The summed E-state index contributed by atoms with van der Waals surface area (Å²) in [5, 5.41) is 5.91. The van der Waals surface area contributed by atoms with E-state index in [1.165, 1.54) is 6.07 Å². The van der Waals surface area contributed by atoms with Crippen molar-refractivity contribution in [2.45, 2.75) is 31.7 Å². The van der Waals surface area contributed by atoms with Gasteiger partial charge in [-0.15, -0.1) is 0 Å². The molecule has 0 bridgehead atoms. The molecule has 2 unspecified atom stereocenters. The Labute approximate surface area is 153 Å².